The van der Waals surface area contributed by atoms with Crippen LogP contribution in [0.25, 0.3) is 0 Å². The maximum absolute atomic E-state index is 12.7. The van der Waals surface area contributed by atoms with Crippen molar-refractivity contribution in [2.75, 3.05) is 11.4 Å². The highest BCUT2D eigenvalue weighted by Gasteiger charge is 2.36. The summed E-state index contributed by atoms with van der Waals surface area (Å²) in [7, 11) is 0. The second kappa shape index (κ2) is 4.97. The summed E-state index contributed by atoms with van der Waals surface area (Å²) in [5.74, 6) is 0.527. The van der Waals surface area contributed by atoms with Crippen molar-refractivity contribution in [1.29, 1.82) is 0 Å². The van der Waals surface area contributed by atoms with Gasteiger partial charge in [0.1, 0.15) is 5.69 Å². The Morgan fingerprint density at radius 2 is 2.14 bits per heavy atom. The average Bonchev–Trinajstić information content (AvgIpc) is 3.06. The third kappa shape index (κ3) is 2.67. The highest BCUT2D eigenvalue weighted by Crippen LogP contribution is 2.35. The molecule has 0 N–H and O–H groups in total. The maximum atomic E-state index is 12.7. The first-order valence-electron chi connectivity index (χ1n) is 6.42. The first-order chi connectivity index (χ1) is 9.95. The van der Waals surface area contributed by atoms with E-state index in [2.05, 4.69) is 20.2 Å². The molecule has 0 aliphatic carbocycles. The maximum Gasteiger partial charge on any atom is 0.433 e. The molecule has 0 amide bonds. The van der Waals surface area contributed by atoms with Crippen LogP contribution in [-0.2, 0) is 6.18 Å². The third-order valence-corrected chi connectivity index (χ3v) is 3.28. The molecule has 0 bridgehead atoms. The number of hydrogen-bond acceptors (Lipinski definition) is 6. The Morgan fingerprint density at radius 1 is 1.33 bits per heavy atom. The number of nitrogens with zero attached hydrogens (tertiary/aromatic N) is 5. The molecule has 3 rings (SSSR count). The molecule has 1 unspecified atom stereocenters. The smallest absolute Gasteiger partial charge is 0.408 e. The highest BCUT2D eigenvalue weighted by atomic mass is 19.4. The lowest BCUT2D eigenvalue weighted by atomic mass is 10.2. The number of aryl methyl sites for hydroxylation is 1. The normalized spacial score (nSPS) is 19.2. The van der Waals surface area contributed by atoms with Crippen LogP contribution in [0.1, 0.15) is 36.3 Å². The third-order valence-electron chi connectivity index (χ3n) is 3.28. The fraction of sp³-hybridized carbons (Fsp3) is 0.500. The van der Waals surface area contributed by atoms with Gasteiger partial charge in [0, 0.05) is 19.7 Å². The summed E-state index contributed by atoms with van der Waals surface area (Å²) in [6.07, 6.45) is -1.92. The van der Waals surface area contributed by atoms with Gasteiger partial charge in [0.05, 0.1) is 6.04 Å². The summed E-state index contributed by atoms with van der Waals surface area (Å²) < 4.78 is 43.5. The van der Waals surface area contributed by atoms with E-state index in [0.29, 0.717) is 18.9 Å². The molecule has 2 aromatic rings. The molecule has 0 saturated carbocycles. The topological polar surface area (TPSA) is 67.9 Å². The molecule has 6 nitrogen and oxygen atoms in total. The molecule has 9 heteroatoms. The fourth-order valence-corrected chi connectivity index (χ4v) is 2.36. The van der Waals surface area contributed by atoms with E-state index in [0.717, 1.165) is 18.7 Å². The van der Waals surface area contributed by atoms with Crippen LogP contribution in [0.15, 0.2) is 16.7 Å². The number of anilines is 1. The van der Waals surface area contributed by atoms with Crippen LogP contribution in [0.4, 0.5) is 19.2 Å². The lowest BCUT2D eigenvalue weighted by molar-refractivity contribution is -0.141. The van der Waals surface area contributed by atoms with Gasteiger partial charge in [-0.3, -0.25) is 0 Å². The molecule has 1 saturated heterocycles. The molecule has 0 aromatic carbocycles. The molecule has 1 aliphatic rings. The summed E-state index contributed by atoms with van der Waals surface area (Å²) in [5, 5.41) is 7.64. The predicted molar refractivity (Wildman–Crippen MR) is 65.4 cm³/mol. The lowest BCUT2D eigenvalue weighted by Crippen LogP contribution is -2.25. The molecule has 1 fully saturated rings. The molecule has 21 heavy (non-hydrogen) atoms. The van der Waals surface area contributed by atoms with E-state index in [1.165, 1.54) is 0 Å². The average molecular weight is 299 g/mol. The number of hydrogen-bond donors (Lipinski definition) is 0. The predicted octanol–water partition coefficient (Wildman–Crippen LogP) is 2.53. The van der Waals surface area contributed by atoms with Crippen molar-refractivity contribution in [1.82, 2.24) is 20.2 Å². The number of alkyl halides is 3. The first kappa shape index (κ1) is 13.8. The quantitative estimate of drug-likeness (QED) is 0.849. The van der Waals surface area contributed by atoms with Crippen LogP contribution in [-0.4, -0.2) is 26.7 Å². The Morgan fingerprint density at radius 3 is 2.81 bits per heavy atom. The minimum Gasteiger partial charge on any atom is -0.408 e. The Hall–Kier alpha value is -2.19. The van der Waals surface area contributed by atoms with Crippen LogP contribution < -0.4 is 4.90 Å². The second-order valence-electron chi connectivity index (χ2n) is 4.75. The molecular weight excluding hydrogens is 287 g/mol. The molecular formula is C12H12F3N5O. The Labute approximate surface area is 118 Å². The zero-order valence-corrected chi connectivity index (χ0v) is 11.1. The van der Waals surface area contributed by atoms with Gasteiger partial charge in [0.25, 0.3) is 0 Å². The summed E-state index contributed by atoms with van der Waals surface area (Å²) in [6.45, 7) is 2.27. The Bertz CT molecular complexity index is 642. The van der Waals surface area contributed by atoms with Crippen molar-refractivity contribution in [3.63, 3.8) is 0 Å². The standard InChI is InChI=1S/C12H12F3N5O/c1-7-18-19-11(21-7)20-6-2-3-8(20)10-16-5-4-9(17-10)12(13,14)15/h4-5,8H,2-3,6H2,1H3. The Kier molecular flexibility index (Phi) is 3.26. The van der Waals surface area contributed by atoms with Gasteiger partial charge >= 0.3 is 12.2 Å². The van der Waals surface area contributed by atoms with Gasteiger partial charge in [0.15, 0.2) is 5.82 Å². The molecule has 112 valence electrons. The number of rotatable bonds is 2. The van der Waals surface area contributed by atoms with Gasteiger partial charge in [-0.2, -0.15) is 13.2 Å². The zero-order chi connectivity index (χ0) is 15.0. The fourth-order valence-electron chi connectivity index (χ4n) is 2.36. The van der Waals surface area contributed by atoms with E-state index in [-0.39, 0.29) is 17.9 Å². The summed E-state index contributed by atoms with van der Waals surface area (Å²) in [6, 6.07) is 0.766. The van der Waals surface area contributed by atoms with E-state index in [9.17, 15) is 13.2 Å². The SMILES string of the molecule is Cc1nnc(N2CCCC2c2nccc(C(F)(F)F)n2)o1. The highest BCUT2D eigenvalue weighted by molar-refractivity contribution is 5.31. The minimum atomic E-state index is -4.48. The van der Waals surface area contributed by atoms with Crippen LogP contribution in [0.5, 0.6) is 0 Å². The van der Waals surface area contributed by atoms with Gasteiger partial charge in [0.2, 0.25) is 5.89 Å². The van der Waals surface area contributed by atoms with Crippen molar-refractivity contribution < 1.29 is 17.6 Å². The van der Waals surface area contributed by atoms with Crippen molar-refractivity contribution in [2.45, 2.75) is 32.0 Å². The summed E-state index contributed by atoms with van der Waals surface area (Å²) >= 11 is 0. The molecule has 0 radical (unpaired) electrons. The van der Waals surface area contributed by atoms with E-state index >= 15 is 0 Å². The van der Waals surface area contributed by atoms with Gasteiger partial charge in [-0.25, -0.2) is 9.97 Å². The van der Waals surface area contributed by atoms with E-state index < -0.39 is 11.9 Å². The molecule has 3 heterocycles. The van der Waals surface area contributed by atoms with Crippen LogP contribution in [0.3, 0.4) is 0 Å². The van der Waals surface area contributed by atoms with E-state index in [1.807, 2.05) is 0 Å². The molecule has 2 aromatic heterocycles. The number of halogens is 3. The Balaban J connectivity index is 1.92. The second-order valence-corrected chi connectivity index (χ2v) is 4.75. The monoisotopic (exact) mass is 299 g/mol. The molecule has 0 spiro atoms. The van der Waals surface area contributed by atoms with Crippen molar-refractivity contribution >= 4 is 6.01 Å². The largest absolute Gasteiger partial charge is 0.433 e. The van der Waals surface area contributed by atoms with E-state index in [1.54, 1.807) is 11.8 Å². The van der Waals surface area contributed by atoms with Gasteiger partial charge in [-0.05, 0) is 18.9 Å². The van der Waals surface area contributed by atoms with Crippen LogP contribution >= 0.6 is 0 Å². The summed E-state index contributed by atoms with van der Waals surface area (Å²) in [5.41, 5.74) is -0.943. The first-order valence-corrected chi connectivity index (χ1v) is 6.42. The minimum absolute atomic E-state index is 0.123. The van der Waals surface area contributed by atoms with Gasteiger partial charge in [-0.1, -0.05) is 5.10 Å². The van der Waals surface area contributed by atoms with Crippen LogP contribution in [0.2, 0.25) is 0 Å². The molecule has 1 atom stereocenters. The van der Waals surface area contributed by atoms with Gasteiger partial charge in [-0.15, -0.1) is 5.10 Å². The molecule has 1 aliphatic heterocycles. The lowest BCUT2D eigenvalue weighted by Gasteiger charge is -2.21. The van der Waals surface area contributed by atoms with Crippen LogP contribution in [0, 0.1) is 6.92 Å². The van der Waals surface area contributed by atoms with Crippen molar-refractivity contribution in [3.8, 4) is 0 Å². The summed E-state index contributed by atoms with van der Waals surface area (Å²) in [4.78, 5) is 9.36. The van der Waals surface area contributed by atoms with Gasteiger partial charge < -0.3 is 9.32 Å². The van der Waals surface area contributed by atoms with Crippen molar-refractivity contribution in [2.24, 2.45) is 0 Å². The van der Waals surface area contributed by atoms with Crippen molar-refractivity contribution in [3.05, 3.63) is 29.7 Å². The van der Waals surface area contributed by atoms with E-state index in [4.69, 9.17) is 4.42 Å². The zero-order valence-electron chi connectivity index (χ0n) is 11.1. The number of aromatic nitrogens is 4.